The molecule has 0 aliphatic carbocycles. The first-order valence-electron chi connectivity index (χ1n) is 7.07. The van der Waals surface area contributed by atoms with Crippen LogP contribution in [0.3, 0.4) is 0 Å². The van der Waals surface area contributed by atoms with Crippen molar-refractivity contribution < 1.29 is 4.74 Å². The number of hydrogen-bond acceptors (Lipinski definition) is 3. The van der Waals surface area contributed by atoms with Gasteiger partial charge in [0.25, 0.3) is 0 Å². The SMILES string of the molecule is CC(=Cc1ccccc1)CNCCN1CCOCC1. The molecule has 1 aromatic carbocycles. The van der Waals surface area contributed by atoms with Gasteiger partial charge in [0.1, 0.15) is 0 Å². The van der Waals surface area contributed by atoms with Crippen molar-refractivity contribution in [2.75, 3.05) is 45.9 Å². The van der Waals surface area contributed by atoms with Crippen molar-refractivity contribution in [2.45, 2.75) is 6.92 Å². The quantitative estimate of drug-likeness (QED) is 0.792. The molecule has 0 unspecified atom stereocenters. The second-order valence-corrected chi connectivity index (χ2v) is 5.03. The van der Waals surface area contributed by atoms with Crippen LogP contribution in [-0.4, -0.2) is 50.8 Å². The molecule has 0 radical (unpaired) electrons. The molecule has 1 N–H and O–H groups in total. The normalized spacial score (nSPS) is 17.6. The van der Waals surface area contributed by atoms with Gasteiger partial charge in [-0.15, -0.1) is 0 Å². The highest BCUT2D eigenvalue weighted by atomic mass is 16.5. The Morgan fingerprint density at radius 1 is 1.26 bits per heavy atom. The summed E-state index contributed by atoms with van der Waals surface area (Å²) < 4.78 is 5.34. The Morgan fingerprint density at radius 3 is 2.74 bits per heavy atom. The molecule has 3 nitrogen and oxygen atoms in total. The van der Waals surface area contributed by atoms with Crippen molar-refractivity contribution in [3.63, 3.8) is 0 Å². The summed E-state index contributed by atoms with van der Waals surface area (Å²) in [5.74, 6) is 0. The molecule has 0 spiro atoms. The summed E-state index contributed by atoms with van der Waals surface area (Å²) in [4.78, 5) is 2.45. The summed E-state index contributed by atoms with van der Waals surface area (Å²) in [7, 11) is 0. The number of hydrogen-bond donors (Lipinski definition) is 1. The van der Waals surface area contributed by atoms with E-state index in [-0.39, 0.29) is 0 Å². The van der Waals surface area contributed by atoms with Gasteiger partial charge in [-0.05, 0) is 12.5 Å². The summed E-state index contributed by atoms with van der Waals surface area (Å²) in [6.07, 6.45) is 2.24. The van der Waals surface area contributed by atoms with E-state index < -0.39 is 0 Å². The minimum atomic E-state index is 0.882. The highest BCUT2D eigenvalue weighted by Crippen LogP contribution is 2.05. The number of benzene rings is 1. The van der Waals surface area contributed by atoms with Crippen molar-refractivity contribution in [3.05, 3.63) is 41.5 Å². The first-order chi connectivity index (χ1) is 9.34. The zero-order chi connectivity index (χ0) is 13.3. The van der Waals surface area contributed by atoms with Crippen LogP contribution in [0.1, 0.15) is 12.5 Å². The highest BCUT2D eigenvalue weighted by Gasteiger charge is 2.08. The maximum atomic E-state index is 5.34. The van der Waals surface area contributed by atoms with Gasteiger partial charge in [0.15, 0.2) is 0 Å². The third-order valence-corrected chi connectivity index (χ3v) is 3.32. The fourth-order valence-corrected chi connectivity index (χ4v) is 2.23. The average molecular weight is 260 g/mol. The summed E-state index contributed by atoms with van der Waals surface area (Å²) in [5.41, 5.74) is 2.64. The molecule has 0 amide bonds. The lowest BCUT2D eigenvalue weighted by molar-refractivity contribution is 0.0385. The second kappa shape index (κ2) is 8.10. The molecule has 0 bridgehead atoms. The van der Waals surface area contributed by atoms with E-state index in [4.69, 9.17) is 4.74 Å². The second-order valence-electron chi connectivity index (χ2n) is 5.03. The molecular formula is C16H24N2O. The first kappa shape index (κ1) is 14.3. The molecule has 0 saturated carbocycles. The molecule has 1 aliphatic rings. The van der Waals surface area contributed by atoms with E-state index in [1.54, 1.807) is 0 Å². The molecule has 1 heterocycles. The number of nitrogens with zero attached hydrogens (tertiary/aromatic N) is 1. The molecule has 104 valence electrons. The molecule has 0 aromatic heterocycles. The lowest BCUT2D eigenvalue weighted by Crippen LogP contribution is -2.40. The van der Waals surface area contributed by atoms with E-state index in [9.17, 15) is 0 Å². The van der Waals surface area contributed by atoms with Gasteiger partial charge in [0.05, 0.1) is 13.2 Å². The number of ether oxygens (including phenoxy) is 1. The number of rotatable bonds is 6. The van der Waals surface area contributed by atoms with Gasteiger partial charge in [0, 0.05) is 32.7 Å². The van der Waals surface area contributed by atoms with Crippen LogP contribution in [0.25, 0.3) is 6.08 Å². The molecule has 2 rings (SSSR count). The van der Waals surface area contributed by atoms with Crippen molar-refractivity contribution >= 4 is 6.08 Å². The summed E-state index contributed by atoms with van der Waals surface area (Å²) in [6, 6.07) is 10.5. The third kappa shape index (κ3) is 5.55. The van der Waals surface area contributed by atoms with Crippen LogP contribution in [0.4, 0.5) is 0 Å². The van der Waals surface area contributed by atoms with Crippen molar-refractivity contribution in [2.24, 2.45) is 0 Å². The van der Waals surface area contributed by atoms with E-state index in [0.717, 1.165) is 45.9 Å². The van der Waals surface area contributed by atoms with E-state index in [2.05, 4.69) is 47.5 Å². The first-order valence-corrected chi connectivity index (χ1v) is 7.07. The van der Waals surface area contributed by atoms with Gasteiger partial charge >= 0.3 is 0 Å². The Hall–Kier alpha value is -1.16. The Balaban J connectivity index is 1.63. The zero-order valence-electron chi connectivity index (χ0n) is 11.8. The van der Waals surface area contributed by atoms with Crippen molar-refractivity contribution in [1.29, 1.82) is 0 Å². The number of morpholine rings is 1. The van der Waals surface area contributed by atoms with Crippen LogP contribution < -0.4 is 5.32 Å². The Labute approximate surface area is 116 Å². The summed E-state index contributed by atoms with van der Waals surface area (Å²) >= 11 is 0. The van der Waals surface area contributed by atoms with Crippen LogP contribution in [0, 0.1) is 0 Å². The van der Waals surface area contributed by atoms with Crippen molar-refractivity contribution in [1.82, 2.24) is 10.2 Å². The fraction of sp³-hybridized carbons (Fsp3) is 0.500. The smallest absolute Gasteiger partial charge is 0.0594 e. The minimum Gasteiger partial charge on any atom is -0.379 e. The molecule has 1 aliphatic heterocycles. The lowest BCUT2D eigenvalue weighted by Gasteiger charge is -2.26. The Morgan fingerprint density at radius 2 is 2.00 bits per heavy atom. The zero-order valence-corrected chi connectivity index (χ0v) is 11.8. The Kier molecular flexibility index (Phi) is 6.08. The molecule has 1 saturated heterocycles. The molecule has 1 fully saturated rings. The predicted octanol–water partition coefficient (Wildman–Crippen LogP) is 2.01. The average Bonchev–Trinajstić information content (AvgIpc) is 2.46. The van der Waals surface area contributed by atoms with E-state index in [1.165, 1.54) is 11.1 Å². The van der Waals surface area contributed by atoms with E-state index in [0.29, 0.717) is 0 Å². The highest BCUT2D eigenvalue weighted by molar-refractivity contribution is 5.52. The van der Waals surface area contributed by atoms with Crippen LogP contribution >= 0.6 is 0 Å². The minimum absolute atomic E-state index is 0.882. The standard InChI is InChI=1S/C16H24N2O/c1-15(13-16-5-3-2-4-6-16)14-17-7-8-18-9-11-19-12-10-18/h2-6,13,17H,7-12,14H2,1H3. The largest absolute Gasteiger partial charge is 0.379 e. The lowest BCUT2D eigenvalue weighted by atomic mass is 10.1. The van der Waals surface area contributed by atoms with Gasteiger partial charge in [-0.1, -0.05) is 42.0 Å². The van der Waals surface area contributed by atoms with Gasteiger partial charge in [-0.25, -0.2) is 0 Å². The number of nitrogens with one attached hydrogen (secondary N) is 1. The van der Waals surface area contributed by atoms with Gasteiger partial charge in [0.2, 0.25) is 0 Å². The molecule has 0 atom stereocenters. The third-order valence-electron chi connectivity index (χ3n) is 3.32. The molecular weight excluding hydrogens is 236 g/mol. The van der Waals surface area contributed by atoms with Gasteiger partial charge in [-0.3, -0.25) is 4.90 Å². The predicted molar refractivity (Wildman–Crippen MR) is 80.2 cm³/mol. The van der Waals surface area contributed by atoms with Gasteiger partial charge < -0.3 is 10.1 Å². The maximum absolute atomic E-state index is 5.34. The van der Waals surface area contributed by atoms with Gasteiger partial charge in [-0.2, -0.15) is 0 Å². The van der Waals surface area contributed by atoms with Crippen molar-refractivity contribution in [3.8, 4) is 0 Å². The van der Waals surface area contributed by atoms with Crippen LogP contribution in [0.15, 0.2) is 35.9 Å². The topological polar surface area (TPSA) is 24.5 Å². The fourth-order valence-electron chi connectivity index (χ4n) is 2.23. The van der Waals surface area contributed by atoms with Crippen LogP contribution in [-0.2, 0) is 4.74 Å². The monoisotopic (exact) mass is 260 g/mol. The van der Waals surface area contributed by atoms with E-state index in [1.807, 2.05) is 6.07 Å². The molecule has 19 heavy (non-hydrogen) atoms. The van der Waals surface area contributed by atoms with Crippen LogP contribution in [0.2, 0.25) is 0 Å². The summed E-state index contributed by atoms with van der Waals surface area (Å²) in [5, 5.41) is 3.50. The van der Waals surface area contributed by atoms with Crippen LogP contribution in [0.5, 0.6) is 0 Å². The van der Waals surface area contributed by atoms with E-state index >= 15 is 0 Å². The molecule has 3 heteroatoms. The summed E-state index contributed by atoms with van der Waals surface area (Å²) in [6.45, 7) is 9.19. The Bertz CT molecular complexity index is 383. The molecule has 1 aromatic rings. The maximum Gasteiger partial charge on any atom is 0.0594 e.